The zero-order valence-corrected chi connectivity index (χ0v) is 19.8. The number of amides is 2. The lowest BCUT2D eigenvalue weighted by Crippen LogP contribution is -2.50. The molecule has 0 unspecified atom stereocenters. The fourth-order valence-corrected chi connectivity index (χ4v) is 3.50. The molecule has 11 nitrogen and oxygen atoms in total. The van der Waals surface area contributed by atoms with E-state index in [1.165, 1.54) is 23.3 Å². The standard InChI is InChI=1S/C24H26N6O5/c1-15-10-11-19(35-15)22-26-28-29(27-22)14-20(32)30(16-7-5-8-17(31)13-16)21(18-9-6-12-34-18)23(33)25-24(2,3)4/h5-13,21,31H,14H2,1-4H3,(H,25,33)/t21-/m1/s1. The smallest absolute Gasteiger partial charge is 0.251 e. The number of nitrogens with one attached hydrogen (secondary N) is 1. The van der Waals surface area contributed by atoms with Crippen LogP contribution >= 0.6 is 0 Å². The molecule has 0 aliphatic heterocycles. The average molecular weight is 479 g/mol. The largest absolute Gasteiger partial charge is 0.508 e. The van der Waals surface area contributed by atoms with Gasteiger partial charge in [-0.3, -0.25) is 14.5 Å². The minimum absolute atomic E-state index is 0.0657. The first-order chi connectivity index (χ1) is 16.6. The van der Waals surface area contributed by atoms with Crippen LogP contribution in [0.25, 0.3) is 11.6 Å². The maximum atomic E-state index is 13.7. The fraction of sp³-hybridized carbons (Fsp3) is 0.292. The van der Waals surface area contributed by atoms with E-state index in [1.54, 1.807) is 43.3 Å². The molecule has 0 saturated carbocycles. The molecule has 11 heteroatoms. The monoisotopic (exact) mass is 478 g/mol. The number of phenols is 1. The van der Waals surface area contributed by atoms with Gasteiger partial charge in [0.05, 0.1) is 6.26 Å². The Hall–Kier alpha value is -4.41. The molecule has 2 N–H and O–H groups in total. The number of nitrogens with zero attached hydrogens (tertiary/aromatic N) is 5. The van der Waals surface area contributed by atoms with Crippen molar-refractivity contribution in [3.8, 4) is 17.3 Å². The molecule has 182 valence electrons. The van der Waals surface area contributed by atoms with Crippen molar-refractivity contribution in [1.29, 1.82) is 0 Å². The summed E-state index contributed by atoms with van der Waals surface area (Å²) in [6.45, 7) is 6.97. The second-order valence-electron chi connectivity index (χ2n) is 8.99. The summed E-state index contributed by atoms with van der Waals surface area (Å²) in [5.74, 6) is 0.537. The number of anilines is 1. The van der Waals surface area contributed by atoms with Crippen molar-refractivity contribution in [3.05, 3.63) is 66.3 Å². The van der Waals surface area contributed by atoms with Crippen LogP contribution in [0.3, 0.4) is 0 Å². The molecule has 35 heavy (non-hydrogen) atoms. The maximum absolute atomic E-state index is 13.7. The Bertz CT molecular complexity index is 1320. The third-order valence-electron chi connectivity index (χ3n) is 4.88. The van der Waals surface area contributed by atoms with E-state index in [2.05, 4.69) is 20.7 Å². The number of carbonyl (C=O) groups is 2. The molecule has 1 atom stereocenters. The first-order valence-electron chi connectivity index (χ1n) is 10.9. The van der Waals surface area contributed by atoms with Crippen molar-refractivity contribution in [2.45, 2.75) is 45.8 Å². The number of hydrogen-bond donors (Lipinski definition) is 2. The zero-order chi connectivity index (χ0) is 25.2. The van der Waals surface area contributed by atoms with Gasteiger partial charge in [0.1, 0.15) is 23.8 Å². The van der Waals surface area contributed by atoms with Gasteiger partial charge in [-0.25, -0.2) is 0 Å². The topological polar surface area (TPSA) is 140 Å². The molecule has 0 aliphatic rings. The van der Waals surface area contributed by atoms with Gasteiger partial charge in [-0.1, -0.05) is 6.07 Å². The minimum Gasteiger partial charge on any atom is -0.508 e. The normalized spacial score (nSPS) is 12.3. The molecule has 0 radical (unpaired) electrons. The van der Waals surface area contributed by atoms with Crippen LogP contribution in [-0.4, -0.2) is 42.7 Å². The minimum atomic E-state index is -1.16. The molecule has 0 saturated heterocycles. The van der Waals surface area contributed by atoms with Crippen molar-refractivity contribution in [2.75, 3.05) is 4.90 Å². The van der Waals surface area contributed by atoms with E-state index < -0.39 is 23.4 Å². The number of rotatable bonds is 7. The van der Waals surface area contributed by atoms with Crippen molar-refractivity contribution >= 4 is 17.5 Å². The summed E-state index contributed by atoms with van der Waals surface area (Å²) in [5.41, 5.74) is -0.276. The second kappa shape index (κ2) is 9.45. The Labute approximate surface area is 201 Å². The highest BCUT2D eigenvalue weighted by Gasteiger charge is 2.36. The number of aromatic hydroxyl groups is 1. The lowest BCUT2D eigenvalue weighted by Gasteiger charge is -2.32. The summed E-state index contributed by atoms with van der Waals surface area (Å²) < 4.78 is 11.1. The molecule has 2 amide bonds. The molecule has 0 spiro atoms. The zero-order valence-electron chi connectivity index (χ0n) is 19.8. The van der Waals surface area contributed by atoms with Gasteiger partial charge < -0.3 is 19.3 Å². The van der Waals surface area contributed by atoms with Crippen LogP contribution in [0.15, 0.2) is 63.6 Å². The van der Waals surface area contributed by atoms with E-state index in [0.29, 0.717) is 17.2 Å². The summed E-state index contributed by atoms with van der Waals surface area (Å²) in [6, 6.07) is 11.6. The molecular formula is C24H26N6O5. The van der Waals surface area contributed by atoms with Crippen LogP contribution in [-0.2, 0) is 16.1 Å². The number of aryl methyl sites for hydroxylation is 1. The molecule has 4 rings (SSSR count). The summed E-state index contributed by atoms with van der Waals surface area (Å²) in [5, 5.41) is 25.1. The van der Waals surface area contributed by atoms with Crippen molar-refractivity contribution in [2.24, 2.45) is 0 Å². The van der Waals surface area contributed by atoms with Crippen molar-refractivity contribution < 1.29 is 23.5 Å². The van der Waals surface area contributed by atoms with Crippen LogP contribution in [0.2, 0.25) is 0 Å². The van der Waals surface area contributed by atoms with Crippen LogP contribution < -0.4 is 10.2 Å². The van der Waals surface area contributed by atoms with Gasteiger partial charge in [-0.15, -0.1) is 10.2 Å². The Balaban J connectivity index is 1.71. The predicted molar refractivity (Wildman–Crippen MR) is 125 cm³/mol. The third kappa shape index (κ3) is 5.57. The Morgan fingerprint density at radius 2 is 1.97 bits per heavy atom. The molecule has 1 aromatic carbocycles. The summed E-state index contributed by atoms with van der Waals surface area (Å²) >= 11 is 0. The molecule has 0 fully saturated rings. The van der Waals surface area contributed by atoms with Gasteiger partial charge in [0.25, 0.3) is 11.8 Å². The molecule has 0 aliphatic carbocycles. The van der Waals surface area contributed by atoms with E-state index in [-0.39, 0.29) is 23.9 Å². The average Bonchev–Trinajstić information content (AvgIpc) is 3.52. The lowest BCUT2D eigenvalue weighted by atomic mass is 10.1. The summed E-state index contributed by atoms with van der Waals surface area (Å²) in [6.07, 6.45) is 1.43. The van der Waals surface area contributed by atoms with E-state index >= 15 is 0 Å². The third-order valence-corrected chi connectivity index (χ3v) is 4.88. The van der Waals surface area contributed by atoms with Crippen molar-refractivity contribution in [3.63, 3.8) is 0 Å². The highest BCUT2D eigenvalue weighted by Crippen LogP contribution is 2.31. The molecular weight excluding hydrogens is 452 g/mol. The molecule has 0 bridgehead atoms. The molecule has 3 heterocycles. The Kier molecular flexibility index (Phi) is 6.41. The number of hydrogen-bond acceptors (Lipinski definition) is 8. The van der Waals surface area contributed by atoms with Gasteiger partial charge in [0.2, 0.25) is 5.82 Å². The Morgan fingerprint density at radius 1 is 1.17 bits per heavy atom. The van der Waals surface area contributed by atoms with Crippen LogP contribution in [0.4, 0.5) is 5.69 Å². The van der Waals surface area contributed by atoms with Gasteiger partial charge in [0, 0.05) is 17.3 Å². The fourth-order valence-electron chi connectivity index (χ4n) is 3.50. The van der Waals surface area contributed by atoms with Gasteiger partial charge in [0.15, 0.2) is 11.8 Å². The van der Waals surface area contributed by atoms with Crippen LogP contribution in [0.1, 0.15) is 38.3 Å². The lowest BCUT2D eigenvalue weighted by molar-refractivity contribution is -0.128. The van der Waals surface area contributed by atoms with Gasteiger partial charge in [-0.05, 0) is 69.3 Å². The summed E-state index contributed by atoms with van der Waals surface area (Å²) in [7, 11) is 0. The second-order valence-corrected chi connectivity index (χ2v) is 8.99. The first-order valence-corrected chi connectivity index (χ1v) is 10.9. The number of carbonyl (C=O) groups excluding carboxylic acids is 2. The number of furan rings is 2. The van der Waals surface area contributed by atoms with Gasteiger partial charge in [-0.2, -0.15) is 4.80 Å². The number of tetrazole rings is 1. The number of aromatic nitrogens is 4. The quantitative estimate of drug-likeness (QED) is 0.413. The number of phenolic OH excluding ortho intramolecular Hbond substituents is 1. The van der Waals surface area contributed by atoms with E-state index in [0.717, 1.165) is 4.80 Å². The van der Waals surface area contributed by atoms with Gasteiger partial charge >= 0.3 is 0 Å². The molecule has 3 aromatic heterocycles. The van der Waals surface area contributed by atoms with E-state index in [4.69, 9.17) is 8.83 Å². The van der Waals surface area contributed by atoms with Crippen LogP contribution in [0, 0.1) is 6.92 Å². The van der Waals surface area contributed by atoms with Crippen LogP contribution in [0.5, 0.6) is 5.75 Å². The highest BCUT2D eigenvalue weighted by atomic mass is 16.3. The number of benzene rings is 1. The first kappa shape index (κ1) is 23.7. The predicted octanol–water partition coefficient (Wildman–Crippen LogP) is 3.23. The van der Waals surface area contributed by atoms with E-state index in [1.807, 2.05) is 20.8 Å². The van der Waals surface area contributed by atoms with E-state index in [9.17, 15) is 14.7 Å². The summed E-state index contributed by atoms with van der Waals surface area (Å²) in [4.78, 5) is 29.4. The maximum Gasteiger partial charge on any atom is 0.251 e. The Morgan fingerprint density at radius 3 is 2.60 bits per heavy atom. The highest BCUT2D eigenvalue weighted by molar-refractivity contribution is 6.01. The van der Waals surface area contributed by atoms with Crippen molar-refractivity contribution in [1.82, 2.24) is 25.5 Å². The SMILES string of the molecule is Cc1ccc(-c2nnn(CC(=O)N(c3cccc(O)c3)[C@@H](C(=O)NC(C)(C)C)c3ccco3)n2)o1. The molecule has 4 aromatic rings.